The number of hydrogen-bond acceptors (Lipinski definition) is 2. The minimum Gasteiger partial charge on any atom is -0.368 e. The van der Waals surface area contributed by atoms with E-state index in [2.05, 4.69) is 0 Å². The van der Waals surface area contributed by atoms with E-state index >= 15 is 0 Å². The van der Waals surface area contributed by atoms with Crippen LogP contribution in [-0.4, -0.2) is 16.7 Å². The Morgan fingerprint density at radius 2 is 1.53 bits per heavy atom. The van der Waals surface area contributed by atoms with Gasteiger partial charge in [0, 0.05) is 10.6 Å². The predicted molar refractivity (Wildman–Crippen MR) is 116 cm³/mol. The second kappa shape index (κ2) is 9.44. The van der Waals surface area contributed by atoms with Gasteiger partial charge in [0.25, 0.3) is 5.91 Å². The Hall–Kier alpha value is -3.32. The van der Waals surface area contributed by atoms with Crippen molar-refractivity contribution in [1.82, 2.24) is 4.90 Å². The van der Waals surface area contributed by atoms with Crippen molar-refractivity contribution in [2.45, 2.75) is 25.2 Å². The maximum absolute atomic E-state index is 13.5. The number of nitrogens with zero attached hydrogens (tertiary/aromatic N) is 1. The molecule has 0 fully saturated rings. The molecule has 3 aromatic rings. The van der Waals surface area contributed by atoms with Crippen LogP contribution in [0.25, 0.3) is 0 Å². The molecule has 0 radical (unpaired) electrons. The van der Waals surface area contributed by atoms with Gasteiger partial charge in [-0.25, -0.2) is 0 Å². The van der Waals surface area contributed by atoms with Gasteiger partial charge in [0.15, 0.2) is 0 Å². The zero-order valence-corrected chi connectivity index (χ0v) is 17.8. The van der Waals surface area contributed by atoms with Crippen LogP contribution in [0.4, 0.5) is 13.2 Å². The molecule has 0 bridgehead atoms. The molecular formula is C24H20ClF3N2O2. The summed E-state index contributed by atoms with van der Waals surface area (Å²) in [6.07, 6.45) is -4.53. The Balaban J connectivity index is 2.12. The van der Waals surface area contributed by atoms with E-state index in [1.54, 1.807) is 61.5 Å². The number of hydrogen-bond donors (Lipinski definition) is 1. The number of carbonyl (C=O) groups excluding carboxylic acids is 2. The van der Waals surface area contributed by atoms with Crippen LogP contribution < -0.4 is 5.73 Å². The highest BCUT2D eigenvalue weighted by molar-refractivity contribution is 6.30. The third-order valence-corrected chi connectivity index (χ3v) is 5.34. The van der Waals surface area contributed by atoms with Crippen molar-refractivity contribution in [2.75, 3.05) is 0 Å². The van der Waals surface area contributed by atoms with Crippen LogP contribution in [0, 0.1) is 0 Å². The Bertz CT molecular complexity index is 1100. The van der Waals surface area contributed by atoms with Crippen molar-refractivity contribution in [3.63, 3.8) is 0 Å². The lowest BCUT2D eigenvalue weighted by atomic mass is 9.97. The van der Waals surface area contributed by atoms with Crippen LogP contribution in [0.3, 0.4) is 0 Å². The fraction of sp³-hybridized carbons (Fsp3) is 0.167. The van der Waals surface area contributed by atoms with E-state index in [1.165, 1.54) is 4.90 Å². The van der Waals surface area contributed by atoms with Crippen molar-refractivity contribution in [3.8, 4) is 0 Å². The molecule has 0 heterocycles. The van der Waals surface area contributed by atoms with E-state index in [9.17, 15) is 22.8 Å². The van der Waals surface area contributed by atoms with Gasteiger partial charge in [0.05, 0.1) is 11.6 Å². The Morgan fingerprint density at radius 1 is 0.906 bits per heavy atom. The van der Waals surface area contributed by atoms with Crippen LogP contribution in [0.15, 0.2) is 78.9 Å². The van der Waals surface area contributed by atoms with Crippen molar-refractivity contribution in [2.24, 2.45) is 5.73 Å². The number of primary amides is 1. The summed E-state index contributed by atoms with van der Waals surface area (Å²) in [5.74, 6) is -1.37. The van der Waals surface area contributed by atoms with Gasteiger partial charge in [-0.3, -0.25) is 9.59 Å². The normalized spacial score (nSPS) is 13.3. The fourth-order valence-electron chi connectivity index (χ4n) is 3.49. The molecule has 0 aromatic heterocycles. The third-order valence-electron chi connectivity index (χ3n) is 5.11. The summed E-state index contributed by atoms with van der Waals surface area (Å²) in [6, 6.07) is 17.1. The molecule has 3 rings (SSSR count). The monoisotopic (exact) mass is 460 g/mol. The molecule has 0 aliphatic rings. The number of alkyl halides is 3. The first-order chi connectivity index (χ1) is 15.1. The lowest BCUT2D eigenvalue weighted by Gasteiger charge is -2.36. The summed E-state index contributed by atoms with van der Waals surface area (Å²) in [5, 5.41) is 0.437. The molecule has 8 heteroatoms. The van der Waals surface area contributed by atoms with Crippen LogP contribution >= 0.6 is 11.6 Å². The van der Waals surface area contributed by atoms with Gasteiger partial charge < -0.3 is 10.6 Å². The summed E-state index contributed by atoms with van der Waals surface area (Å²) in [7, 11) is 0. The number of halogens is 4. The lowest BCUT2D eigenvalue weighted by Crippen LogP contribution is -2.43. The van der Waals surface area contributed by atoms with Gasteiger partial charge in [-0.05, 0) is 54.4 Å². The van der Waals surface area contributed by atoms with E-state index in [1.807, 2.05) is 0 Å². The zero-order valence-electron chi connectivity index (χ0n) is 17.0. The average Bonchev–Trinajstić information content (AvgIpc) is 2.76. The minimum atomic E-state index is -4.53. The first-order valence-electron chi connectivity index (χ1n) is 9.69. The van der Waals surface area contributed by atoms with Gasteiger partial charge in [-0.15, -0.1) is 0 Å². The molecule has 166 valence electrons. The highest BCUT2D eigenvalue weighted by Crippen LogP contribution is 2.35. The SMILES string of the molecule is C[C@H](c1cccc(Cl)c1)N(C(=O)c1ccccc1)[C@@H](C(N)=O)c1ccc(C(F)(F)F)cc1. The number of nitrogens with two attached hydrogens (primary N) is 1. The highest BCUT2D eigenvalue weighted by Gasteiger charge is 2.36. The van der Waals surface area contributed by atoms with Crippen LogP contribution in [0.2, 0.25) is 5.02 Å². The van der Waals surface area contributed by atoms with Crippen molar-refractivity contribution < 1.29 is 22.8 Å². The van der Waals surface area contributed by atoms with E-state index in [0.717, 1.165) is 24.3 Å². The van der Waals surface area contributed by atoms with E-state index in [4.69, 9.17) is 17.3 Å². The Kier molecular flexibility index (Phi) is 6.89. The molecule has 0 aliphatic carbocycles. The van der Waals surface area contributed by atoms with E-state index in [0.29, 0.717) is 16.1 Å². The molecule has 0 spiro atoms. The van der Waals surface area contributed by atoms with E-state index in [-0.39, 0.29) is 5.56 Å². The molecule has 0 unspecified atom stereocenters. The Morgan fingerprint density at radius 3 is 2.06 bits per heavy atom. The van der Waals surface area contributed by atoms with Gasteiger partial charge in [-0.2, -0.15) is 13.2 Å². The highest BCUT2D eigenvalue weighted by atomic mass is 35.5. The first kappa shape index (κ1) is 23.3. The molecule has 2 amide bonds. The molecule has 4 nitrogen and oxygen atoms in total. The fourth-order valence-corrected chi connectivity index (χ4v) is 3.69. The standard InChI is InChI=1S/C24H20ClF3N2O2/c1-15(18-8-5-9-20(25)14-18)30(23(32)17-6-3-2-4-7-17)21(22(29)31)16-10-12-19(13-11-16)24(26,27)28/h2-15,21H,1H3,(H2,29,31)/t15-,21-/m1/s1. The molecule has 32 heavy (non-hydrogen) atoms. The maximum atomic E-state index is 13.5. The molecule has 2 atom stereocenters. The molecular weight excluding hydrogens is 441 g/mol. The largest absolute Gasteiger partial charge is 0.416 e. The smallest absolute Gasteiger partial charge is 0.368 e. The zero-order chi connectivity index (χ0) is 23.5. The van der Waals surface area contributed by atoms with E-state index < -0.39 is 35.6 Å². The van der Waals surface area contributed by atoms with Gasteiger partial charge in [0.1, 0.15) is 6.04 Å². The van der Waals surface area contributed by atoms with Gasteiger partial charge in [-0.1, -0.05) is 54.1 Å². The van der Waals surface area contributed by atoms with Crippen LogP contribution in [0.5, 0.6) is 0 Å². The Labute approximate surface area is 188 Å². The maximum Gasteiger partial charge on any atom is 0.416 e. The van der Waals surface area contributed by atoms with Gasteiger partial charge >= 0.3 is 6.18 Å². The first-order valence-corrected chi connectivity index (χ1v) is 10.1. The van der Waals surface area contributed by atoms with Crippen LogP contribution in [0.1, 0.15) is 46.1 Å². The molecule has 3 aromatic carbocycles. The van der Waals surface area contributed by atoms with Crippen LogP contribution in [-0.2, 0) is 11.0 Å². The summed E-state index contributed by atoms with van der Waals surface area (Å²) < 4.78 is 39.0. The summed E-state index contributed by atoms with van der Waals surface area (Å²) in [6.45, 7) is 1.70. The number of rotatable bonds is 6. The number of carbonyl (C=O) groups is 2. The van der Waals surface area contributed by atoms with Crippen molar-refractivity contribution in [1.29, 1.82) is 0 Å². The molecule has 0 aliphatic heterocycles. The van der Waals surface area contributed by atoms with Crippen molar-refractivity contribution in [3.05, 3.63) is 106 Å². The molecule has 0 saturated heterocycles. The summed E-state index contributed by atoms with van der Waals surface area (Å²) in [4.78, 5) is 27.3. The number of amides is 2. The molecule has 2 N–H and O–H groups in total. The molecule has 0 saturated carbocycles. The lowest BCUT2D eigenvalue weighted by molar-refractivity contribution is -0.137. The third kappa shape index (κ3) is 5.11. The predicted octanol–water partition coefficient (Wildman–Crippen LogP) is 5.79. The minimum absolute atomic E-state index is 0.170. The quantitative estimate of drug-likeness (QED) is 0.506. The number of benzene rings is 3. The summed E-state index contributed by atoms with van der Waals surface area (Å²) in [5.41, 5.74) is 5.92. The summed E-state index contributed by atoms with van der Waals surface area (Å²) >= 11 is 6.11. The van der Waals surface area contributed by atoms with Crippen molar-refractivity contribution >= 4 is 23.4 Å². The second-order valence-electron chi connectivity index (χ2n) is 7.23. The topological polar surface area (TPSA) is 63.4 Å². The van der Waals surface area contributed by atoms with Gasteiger partial charge in [0.2, 0.25) is 5.91 Å². The average molecular weight is 461 g/mol. The second-order valence-corrected chi connectivity index (χ2v) is 7.67.